The second kappa shape index (κ2) is 6.40. The van der Waals surface area contributed by atoms with Crippen LogP contribution >= 0.6 is 0 Å². The molecule has 1 fully saturated rings. The molecule has 1 aromatic carbocycles. The molecule has 1 amide bonds. The summed E-state index contributed by atoms with van der Waals surface area (Å²) in [6, 6.07) is 10.6. The maximum absolute atomic E-state index is 12.1. The Morgan fingerprint density at radius 2 is 2.05 bits per heavy atom. The lowest BCUT2D eigenvalue weighted by molar-refractivity contribution is -0.123. The average molecular weight is 274 g/mol. The van der Waals surface area contributed by atoms with Gasteiger partial charge in [0, 0.05) is 12.1 Å². The Labute approximate surface area is 122 Å². The van der Waals surface area contributed by atoms with E-state index in [2.05, 4.69) is 61.3 Å². The van der Waals surface area contributed by atoms with E-state index in [4.69, 9.17) is 0 Å². The minimum atomic E-state index is -0.102. The normalized spacial score (nSPS) is 20.1. The molecule has 0 bridgehead atoms. The van der Waals surface area contributed by atoms with Crippen LogP contribution in [0.3, 0.4) is 0 Å². The Balaban J connectivity index is 1.83. The lowest BCUT2D eigenvalue weighted by atomic mass is 9.99. The molecule has 1 aromatic rings. The number of hydrogen-bond acceptors (Lipinski definition) is 2. The van der Waals surface area contributed by atoms with Crippen LogP contribution in [0.1, 0.15) is 45.1 Å². The summed E-state index contributed by atoms with van der Waals surface area (Å²) in [5.74, 6) is 0.716. The molecule has 0 aromatic heterocycles. The molecule has 1 heterocycles. The fraction of sp³-hybridized carbons (Fsp3) is 0.588. The van der Waals surface area contributed by atoms with Gasteiger partial charge in [-0.2, -0.15) is 0 Å². The van der Waals surface area contributed by atoms with Gasteiger partial charge in [0.05, 0.1) is 6.54 Å². The Kier molecular flexibility index (Phi) is 4.81. The molecule has 0 saturated carbocycles. The van der Waals surface area contributed by atoms with Crippen molar-refractivity contribution in [2.75, 3.05) is 19.6 Å². The van der Waals surface area contributed by atoms with E-state index in [1.54, 1.807) is 0 Å². The molecule has 1 atom stereocenters. The minimum absolute atomic E-state index is 0.102. The lowest BCUT2D eigenvalue weighted by Gasteiger charge is -2.26. The number of amides is 1. The molecule has 3 nitrogen and oxygen atoms in total. The van der Waals surface area contributed by atoms with Gasteiger partial charge in [-0.3, -0.25) is 9.69 Å². The topological polar surface area (TPSA) is 32.3 Å². The smallest absolute Gasteiger partial charge is 0.234 e. The van der Waals surface area contributed by atoms with Crippen molar-refractivity contribution in [3.8, 4) is 0 Å². The molecule has 1 saturated heterocycles. The van der Waals surface area contributed by atoms with E-state index in [1.165, 1.54) is 5.56 Å². The maximum atomic E-state index is 12.1. The van der Waals surface area contributed by atoms with Gasteiger partial charge in [0.25, 0.3) is 0 Å². The third kappa shape index (κ3) is 4.07. The third-order valence-corrected chi connectivity index (χ3v) is 4.27. The summed E-state index contributed by atoms with van der Waals surface area (Å²) < 4.78 is 0. The standard InChI is InChI=1S/C17H26N2O/c1-4-17(2,3)18-16(20)13-19-11-10-15(12-19)14-8-6-5-7-9-14/h5-9,15H,4,10-13H2,1-3H3,(H,18,20). The molecule has 0 spiro atoms. The Morgan fingerprint density at radius 3 is 2.70 bits per heavy atom. The van der Waals surface area contributed by atoms with Crippen LogP contribution in [0.2, 0.25) is 0 Å². The van der Waals surface area contributed by atoms with Gasteiger partial charge in [-0.25, -0.2) is 0 Å². The number of nitrogens with zero attached hydrogens (tertiary/aromatic N) is 1. The van der Waals surface area contributed by atoms with Crippen LogP contribution in [0.25, 0.3) is 0 Å². The molecule has 1 aliphatic rings. The number of hydrogen-bond donors (Lipinski definition) is 1. The van der Waals surface area contributed by atoms with Gasteiger partial charge < -0.3 is 5.32 Å². The first-order valence-corrected chi connectivity index (χ1v) is 7.58. The van der Waals surface area contributed by atoms with Gasteiger partial charge in [-0.05, 0) is 44.7 Å². The number of rotatable bonds is 5. The highest BCUT2D eigenvalue weighted by Crippen LogP contribution is 2.26. The van der Waals surface area contributed by atoms with Crippen LogP contribution < -0.4 is 5.32 Å². The first-order chi connectivity index (χ1) is 9.50. The fourth-order valence-corrected chi connectivity index (χ4v) is 2.68. The zero-order valence-corrected chi connectivity index (χ0v) is 12.9. The van der Waals surface area contributed by atoms with Gasteiger partial charge in [0.2, 0.25) is 5.91 Å². The molecule has 110 valence electrons. The summed E-state index contributed by atoms with van der Waals surface area (Å²) in [6.45, 7) is 8.77. The van der Waals surface area contributed by atoms with Crippen molar-refractivity contribution in [3.05, 3.63) is 35.9 Å². The van der Waals surface area contributed by atoms with Gasteiger partial charge >= 0.3 is 0 Å². The summed E-state index contributed by atoms with van der Waals surface area (Å²) in [7, 11) is 0. The quantitative estimate of drug-likeness (QED) is 0.895. The molecule has 0 aliphatic carbocycles. The maximum Gasteiger partial charge on any atom is 0.234 e. The van der Waals surface area contributed by atoms with Crippen LogP contribution in [0.5, 0.6) is 0 Å². The number of nitrogens with one attached hydrogen (secondary N) is 1. The highest BCUT2D eigenvalue weighted by molar-refractivity contribution is 5.78. The Bertz CT molecular complexity index is 442. The van der Waals surface area contributed by atoms with E-state index in [0.717, 1.165) is 25.9 Å². The zero-order chi connectivity index (χ0) is 14.6. The predicted molar refractivity (Wildman–Crippen MR) is 82.8 cm³/mol. The van der Waals surface area contributed by atoms with Crippen molar-refractivity contribution >= 4 is 5.91 Å². The summed E-state index contributed by atoms with van der Waals surface area (Å²) in [5.41, 5.74) is 1.29. The van der Waals surface area contributed by atoms with E-state index in [1.807, 2.05) is 0 Å². The highest BCUT2D eigenvalue weighted by atomic mass is 16.2. The number of carbonyl (C=O) groups is 1. The Hall–Kier alpha value is -1.35. The zero-order valence-electron chi connectivity index (χ0n) is 12.9. The minimum Gasteiger partial charge on any atom is -0.350 e. The van der Waals surface area contributed by atoms with Crippen LogP contribution in [0.4, 0.5) is 0 Å². The summed E-state index contributed by atoms with van der Waals surface area (Å²) in [4.78, 5) is 14.3. The third-order valence-electron chi connectivity index (χ3n) is 4.27. The molecule has 20 heavy (non-hydrogen) atoms. The van der Waals surface area contributed by atoms with Crippen molar-refractivity contribution < 1.29 is 4.79 Å². The summed E-state index contributed by atoms with van der Waals surface area (Å²) in [6.07, 6.45) is 2.10. The van der Waals surface area contributed by atoms with Crippen LogP contribution in [0.15, 0.2) is 30.3 Å². The Morgan fingerprint density at radius 1 is 1.35 bits per heavy atom. The number of likely N-dealkylation sites (tertiary alicyclic amines) is 1. The molecule has 1 N–H and O–H groups in total. The predicted octanol–water partition coefficient (Wildman–Crippen LogP) is 2.78. The van der Waals surface area contributed by atoms with Gasteiger partial charge in [0.1, 0.15) is 0 Å². The molecule has 1 unspecified atom stereocenters. The van der Waals surface area contributed by atoms with Gasteiger partial charge in [-0.1, -0.05) is 37.3 Å². The molecular formula is C17H26N2O. The van der Waals surface area contributed by atoms with Crippen LogP contribution in [-0.2, 0) is 4.79 Å². The van der Waals surface area contributed by atoms with Crippen molar-refractivity contribution in [2.45, 2.75) is 45.1 Å². The molecule has 0 radical (unpaired) electrons. The van der Waals surface area contributed by atoms with Crippen molar-refractivity contribution in [1.82, 2.24) is 10.2 Å². The average Bonchev–Trinajstić information content (AvgIpc) is 2.87. The number of carbonyl (C=O) groups excluding carboxylic acids is 1. The first-order valence-electron chi connectivity index (χ1n) is 7.58. The number of benzene rings is 1. The van der Waals surface area contributed by atoms with Crippen LogP contribution in [0, 0.1) is 0 Å². The SMILES string of the molecule is CCC(C)(C)NC(=O)CN1CCC(c2ccccc2)C1. The monoisotopic (exact) mass is 274 g/mol. The fourth-order valence-electron chi connectivity index (χ4n) is 2.68. The molecular weight excluding hydrogens is 248 g/mol. The molecule has 2 rings (SSSR count). The van der Waals surface area contributed by atoms with E-state index >= 15 is 0 Å². The van der Waals surface area contributed by atoms with E-state index in [0.29, 0.717) is 12.5 Å². The van der Waals surface area contributed by atoms with Gasteiger partial charge in [0.15, 0.2) is 0 Å². The van der Waals surface area contributed by atoms with E-state index < -0.39 is 0 Å². The summed E-state index contributed by atoms with van der Waals surface area (Å²) in [5, 5.41) is 3.11. The van der Waals surface area contributed by atoms with Gasteiger partial charge in [-0.15, -0.1) is 0 Å². The van der Waals surface area contributed by atoms with Crippen molar-refractivity contribution in [3.63, 3.8) is 0 Å². The second-order valence-electron chi connectivity index (χ2n) is 6.42. The first kappa shape index (κ1) is 15.0. The highest BCUT2D eigenvalue weighted by Gasteiger charge is 2.26. The lowest BCUT2D eigenvalue weighted by Crippen LogP contribution is -2.47. The second-order valence-corrected chi connectivity index (χ2v) is 6.42. The van der Waals surface area contributed by atoms with Crippen LogP contribution in [-0.4, -0.2) is 36.0 Å². The van der Waals surface area contributed by atoms with E-state index in [9.17, 15) is 4.79 Å². The van der Waals surface area contributed by atoms with Crippen molar-refractivity contribution in [1.29, 1.82) is 0 Å². The largest absolute Gasteiger partial charge is 0.350 e. The molecule has 1 aliphatic heterocycles. The van der Waals surface area contributed by atoms with Crippen molar-refractivity contribution in [2.24, 2.45) is 0 Å². The molecule has 3 heteroatoms. The summed E-state index contributed by atoms with van der Waals surface area (Å²) >= 11 is 0. The van der Waals surface area contributed by atoms with E-state index in [-0.39, 0.29) is 11.4 Å².